The van der Waals surface area contributed by atoms with E-state index in [1.165, 1.54) is 5.56 Å². The predicted molar refractivity (Wildman–Crippen MR) is 60.9 cm³/mol. The smallest absolute Gasteiger partial charge is 0.0846 e. The number of nitrogens with two attached hydrogens (primary N) is 1. The van der Waals surface area contributed by atoms with Crippen molar-refractivity contribution in [1.82, 2.24) is 5.01 Å². The van der Waals surface area contributed by atoms with Gasteiger partial charge in [-0.05, 0) is 17.8 Å². The predicted octanol–water partition coefficient (Wildman–Crippen LogP) is 1.47. The van der Waals surface area contributed by atoms with Crippen molar-refractivity contribution in [2.24, 2.45) is 10.8 Å². The number of thiocarbonyl (C=S) groups is 1. The highest BCUT2D eigenvalue weighted by Crippen LogP contribution is 2.03. The maximum atomic E-state index is 5.45. The Balaban J connectivity index is 2.59. The summed E-state index contributed by atoms with van der Waals surface area (Å²) < 4.78 is 0. The van der Waals surface area contributed by atoms with E-state index in [4.69, 9.17) is 5.73 Å². The fourth-order valence-electron chi connectivity index (χ4n) is 1.17. The lowest BCUT2D eigenvalue weighted by atomic mass is 10.2. The van der Waals surface area contributed by atoms with E-state index in [0.717, 1.165) is 6.54 Å². The Kier molecular flexibility index (Phi) is 4.86. The van der Waals surface area contributed by atoms with E-state index >= 15 is 0 Å². The number of nitrogens with zero attached hydrogens (tertiary/aromatic N) is 2. The van der Waals surface area contributed by atoms with Crippen LogP contribution in [0.25, 0.3) is 0 Å². The van der Waals surface area contributed by atoms with Crippen molar-refractivity contribution in [2.75, 3.05) is 13.1 Å². The van der Waals surface area contributed by atoms with Crippen LogP contribution < -0.4 is 5.73 Å². The van der Waals surface area contributed by atoms with Gasteiger partial charge in [0.05, 0.1) is 11.7 Å². The Morgan fingerprint density at radius 2 is 2.07 bits per heavy atom. The van der Waals surface area contributed by atoms with Crippen molar-refractivity contribution in [2.45, 2.75) is 6.54 Å². The molecule has 1 aromatic carbocycles. The summed E-state index contributed by atoms with van der Waals surface area (Å²) in [4.78, 5) is 0. The van der Waals surface area contributed by atoms with Crippen LogP contribution in [0.15, 0.2) is 35.4 Å². The minimum atomic E-state index is 0.563. The van der Waals surface area contributed by atoms with Gasteiger partial charge in [0.15, 0.2) is 0 Å². The van der Waals surface area contributed by atoms with Gasteiger partial charge in [-0.2, -0.15) is 0 Å². The first-order chi connectivity index (χ1) is 6.86. The molecule has 0 bridgehead atoms. The van der Waals surface area contributed by atoms with Crippen molar-refractivity contribution < 1.29 is 0 Å². The molecule has 0 aliphatic heterocycles. The summed E-state index contributed by atoms with van der Waals surface area (Å²) in [5.74, 6) is 0. The Morgan fingerprint density at radius 3 is 2.64 bits per heavy atom. The van der Waals surface area contributed by atoms with E-state index in [0.29, 0.717) is 13.1 Å². The van der Waals surface area contributed by atoms with E-state index in [2.05, 4.69) is 22.5 Å². The lowest BCUT2D eigenvalue weighted by Crippen LogP contribution is -2.24. The highest BCUT2D eigenvalue weighted by Gasteiger charge is 1.99. The van der Waals surface area contributed by atoms with Crippen molar-refractivity contribution in [1.29, 1.82) is 0 Å². The molecule has 0 radical (unpaired) electrons. The van der Waals surface area contributed by atoms with E-state index < -0.39 is 0 Å². The van der Waals surface area contributed by atoms with Gasteiger partial charge in [0.1, 0.15) is 0 Å². The quantitative estimate of drug-likeness (QED) is 0.451. The van der Waals surface area contributed by atoms with Gasteiger partial charge in [-0.25, -0.2) is 0 Å². The SMILES string of the molecule is NCCN(Cc1ccccc1)N=C=S. The Hall–Kier alpha value is -1.22. The highest BCUT2D eigenvalue weighted by molar-refractivity contribution is 7.78. The Labute approximate surface area is 89.2 Å². The van der Waals surface area contributed by atoms with Gasteiger partial charge in [-0.15, -0.1) is 5.10 Å². The number of hydrazone groups is 1. The first kappa shape index (κ1) is 10.9. The van der Waals surface area contributed by atoms with Crippen LogP contribution in [0.4, 0.5) is 0 Å². The normalized spacial score (nSPS) is 9.21. The molecule has 2 N–H and O–H groups in total. The van der Waals surface area contributed by atoms with Gasteiger partial charge < -0.3 is 5.73 Å². The summed E-state index contributed by atoms with van der Waals surface area (Å²) in [6, 6.07) is 10.1. The van der Waals surface area contributed by atoms with Crippen molar-refractivity contribution >= 4 is 17.4 Å². The fourth-order valence-corrected chi connectivity index (χ4v) is 1.28. The molecule has 0 unspecified atom stereocenters. The van der Waals surface area contributed by atoms with Crippen molar-refractivity contribution in [3.63, 3.8) is 0 Å². The minimum Gasteiger partial charge on any atom is -0.329 e. The number of rotatable bonds is 5. The van der Waals surface area contributed by atoms with Crippen LogP contribution in [0.1, 0.15) is 5.56 Å². The topological polar surface area (TPSA) is 41.6 Å². The number of benzene rings is 1. The Morgan fingerprint density at radius 1 is 1.36 bits per heavy atom. The average Bonchev–Trinajstić information content (AvgIpc) is 2.20. The molecular weight excluding hydrogens is 194 g/mol. The zero-order chi connectivity index (χ0) is 10.2. The zero-order valence-corrected chi connectivity index (χ0v) is 8.70. The van der Waals surface area contributed by atoms with Crippen LogP contribution in [0, 0.1) is 0 Å². The second kappa shape index (κ2) is 6.27. The lowest BCUT2D eigenvalue weighted by molar-refractivity contribution is 0.290. The van der Waals surface area contributed by atoms with Gasteiger partial charge in [-0.3, -0.25) is 5.01 Å². The van der Waals surface area contributed by atoms with Gasteiger partial charge in [-0.1, -0.05) is 30.3 Å². The summed E-state index contributed by atoms with van der Waals surface area (Å²) in [6.45, 7) is 1.98. The molecule has 14 heavy (non-hydrogen) atoms. The van der Waals surface area contributed by atoms with Gasteiger partial charge >= 0.3 is 0 Å². The van der Waals surface area contributed by atoms with E-state index in [-0.39, 0.29) is 0 Å². The molecular formula is C10H13N3S. The second-order valence-corrected chi connectivity index (χ2v) is 3.04. The molecule has 0 spiro atoms. The summed E-state index contributed by atoms with van der Waals surface area (Å²) >= 11 is 4.56. The molecule has 74 valence electrons. The van der Waals surface area contributed by atoms with E-state index in [9.17, 15) is 0 Å². The monoisotopic (exact) mass is 207 g/mol. The van der Waals surface area contributed by atoms with Crippen molar-refractivity contribution in [3.8, 4) is 0 Å². The largest absolute Gasteiger partial charge is 0.329 e. The molecule has 0 aromatic heterocycles. The average molecular weight is 207 g/mol. The third-order valence-corrected chi connectivity index (χ3v) is 1.86. The molecule has 0 saturated carbocycles. The molecule has 0 saturated heterocycles. The first-order valence-electron chi connectivity index (χ1n) is 4.43. The molecule has 4 heteroatoms. The fraction of sp³-hybridized carbons (Fsp3) is 0.300. The van der Waals surface area contributed by atoms with Crippen LogP contribution in [0.2, 0.25) is 0 Å². The minimum absolute atomic E-state index is 0.563. The van der Waals surface area contributed by atoms with Gasteiger partial charge in [0.2, 0.25) is 0 Å². The summed E-state index contributed by atoms with van der Waals surface area (Å²) in [7, 11) is 0. The van der Waals surface area contributed by atoms with Crippen LogP contribution in [0.3, 0.4) is 0 Å². The lowest BCUT2D eigenvalue weighted by Gasteiger charge is -2.16. The first-order valence-corrected chi connectivity index (χ1v) is 4.84. The molecule has 3 nitrogen and oxygen atoms in total. The maximum absolute atomic E-state index is 5.45. The second-order valence-electron chi connectivity index (χ2n) is 2.85. The van der Waals surface area contributed by atoms with Crippen LogP contribution in [-0.4, -0.2) is 23.3 Å². The summed E-state index contributed by atoms with van der Waals surface area (Å²) in [6.07, 6.45) is 0. The molecule has 0 aliphatic rings. The third-order valence-electron chi connectivity index (χ3n) is 1.78. The van der Waals surface area contributed by atoms with E-state index in [1.54, 1.807) is 0 Å². The van der Waals surface area contributed by atoms with Gasteiger partial charge in [0, 0.05) is 13.1 Å². The molecule has 0 aliphatic carbocycles. The van der Waals surface area contributed by atoms with Gasteiger partial charge in [0.25, 0.3) is 0 Å². The van der Waals surface area contributed by atoms with Crippen LogP contribution in [-0.2, 0) is 6.54 Å². The summed E-state index contributed by atoms with van der Waals surface area (Å²) in [5.41, 5.74) is 6.64. The molecule has 1 rings (SSSR count). The Bertz CT molecular complexity index is 306. The molecule has 1 aromatic rings. The standard InChI is InChI=1S/C10H13N3S/c11-6-7-13(12-9-14)8-10-4-2-1-3-5-10/h1-5H,6-8,11H2. The molecule has 0 amide bonds. The molecule has 0 heterocycles. The highest BCUT2D eigenvalue weighted by atomic mass is 32.1. The maximum Gasteiger partial charge on any atom is 0.0846 e. The number of isothiocyanates is 1. The number of hydrogen-bond donors (Lipinski definition) is 1. The van der Waals surface area contributed by atoms with E-state index in [1.807, 2.05) is 35.3 Å². The molecule has 0 fully saturated rings. The van der Waals surface area contributed by atoms with Crippen molar-refractivity contribution in [3.05, 3.63) is 35.9 Å². The number of hydrogen-bond acceptors (Lipinski definition) is 4. The summed E-state index contributed by atoms with van der Waals surface area (Å²) in [5, 5.41) is 8.09. The molecule has 0 atom stereocenters. The van der Waals surface area contributed by atoms with Crippen LogP contribution >= 0.6 is 12.2 Å². The zero-order valence-electron chi connectivity index (χ0n) is 7.89. The van der Waals surface area contributed by atoms with Crippen LogP contribution in [0.5, 0.6) is 0 Å². The third kappa shape index (κ3) is 3.66.